The van der Waals surface area contributed by atoms with Crippen molar-refractivity contribution in [2.24, 2.45) is 0 Å². The molecule has 0 saturated carbocycles. The summed E-state index contributed by atoms with van der Waals surface area (Å²) >= 11 is 0. The van der Waals surface area contributed by atoms with Gasteiger partial charge in [-0.25, -0.2) is 4.79 Å². The average Bonchev–Trinajstić information content (AvgIpc) is 2.71. The lowest BCUT2D eigenvalue weighted by Gasteiger charge is -2.01. The van der Waals surface area contributed by atoms with Gasteiger partial charge in [0.2, 0.25) is 11.6 Å². The zero-order valence-electron chi connectivity index (χ0n) is 9.56. The third-order valence-electron chi connectivity index (χ3n) is 2.44. The van der Waals surface area contributed by atoms with Gasteiger partial charge in [0.1, 0.15) is 0 Å². The number of aromatic nitrogens is 1. The Morgan fingerprint density at radius 2 is 2.00 bits per heavy atom. The maximum atomic E-state index is 11.5. The maximum absolute atomic E-state index is 11.5. The fourth-order valence-electron chi connectivity index (χ4n) is 1.54. The van der Waals surface area contributed by atoms with Crippen molar-refractivity contribution < 1.29 is 14.1 Å². The Kier molecular flexibility index (Phi) is 2.82. The van der Waals surface area contributed by atoms with Gasteiger partial charge in [-0.05, 0) is 12.5 Å². The highest BCUT2D eigenvalue weighted by molar-refractivity contribution is 5.97. The van der Waals surface area contributed by atoms with Crippen molar-refractivity contribution in [1.29, 1.82) is 0 Å². The third-order valence-corrected chi connectivity index (χ3v) is 2.44. The second kappa shape index (κ2) is 4.29. The van der Waals surface area contributed by atoms with Gasteiger partial charge in [0, 0.05) is 0 Å². The number of aryl methyl sites for hydroxylation is 1. The Morgan fingerprint density at radius 3 is 2.59 bits per heavy atom. The molecule has 0 saturated heterocycles. The predicted octanol–water partition coefficient (Wildman–Crippen LogP) is 2.02. The molecule has 1 aromatic heterocycles. The molecule has 0 fully saturated rings. The van der Waals surface area contributed by atoms with Crippen molar-refractivity contribution in [3.63, 3.8) is 0 Å². The van der Waals surface area contributed by atoms with Crippen molar-refractivity contribution in [1.82, 2.24) is 5.16 Å². The van der Waals surface area contributed by atoms with Gasteiger partial charge in [0.05, 0.1) is 12.7 Å². The van der Waals surface area contributed by atoms with E-state index in [1.54, 1.807) is 0 Å². The van der Waals surface area contributed by atoms with E-state index in [0.29, 0.717) is 5.56 Å². The van der Waals surface area contributed by atoms with Crippen LogP contribution in [0.3, 0.4) is 0 Å². The van der Waals surface area contributed by atoms with Crippen molar-refractivity contribution >= 4 is 11.9 Å². The first-order valence-corrected chi connectivity index (χ1v) is 5.04. The van der Waals surface area contributed by atoms with Crippen LogP contribution in [0.25, 0.3) is 11.1 Å². The van der Waals surface area contributed by atoms with Crippen molar-refractivity contribution in [2.45, 2.75) is 6.92 Å². The Balaban J connectivity index is 2.54. The molecular weight excluding hydrogens is 220 g/mol. The van der Waals surface area contributed by atoms with E-state index in [9.17, 15) is 4.79 Å². The summed E-state index contributed by atoms with van der Waals surface area (Å²) in [4.78, 5) is 11.5. The van der Waals surface area contributed by atoms with Crippen LogP contribution in [-0.4, -0.2) is 18.2 Å². The highest BCUT2D eigenvalue weighted by atomic mass is 16.5. The van der Waals surface area contributed by atoms with Crippen molar-refractivity contribution in [3.05, 3.63) is 35.5 Å². The Bertz CT molecular complexity index is 543. The predicted molar refractivity (Wildman–Crippen MR) is 62.4 cm³/mol. The van der Waals surface area contributed by atoms with E-state index in [1.165, 1.54) is 7.11 Å². The van der Waals surface area contributed by atoms with E-state index in [2.05, 4.69) is 9.89 Å². The molecule has 0 spiro atoms. The van der Waals surface area contributed by atoms with Crippen LogP contribution in [0.2, 0.25) is 0 Å². The molecule has 2 aromatic rings. The average molecular weight is 232 g/mol. The first-order chi connectivity index (χ1) is 8.13. The van der Waals surface area contributed by atoms with Crippen LogP contribution in [0.5, 0.6) is 0 Å². The Morgan fingerprint density at radius 1 is 1.35 bits per heavy atom. The summed E-state index contributed by atoms with van der Waals surface area (Å²) in [6, 6.07) is 7.54. The first kappa shape index (κ1) is 11.2. The second-order valence-electron chi connectivity index (χ2n) is 3.63. The van der Waals surface area contributed by atoms with Crippen LogP contribution < -0.4 is 5.73 Å². The standard InChI is InChI=1S/C12H12N2O3/c1-7-3-5-8(6-4-7)9-10(12(15)16-2)14-17-11(9)13/h3-6H,13H2,1-2H3. The number of carbonyl (C=O) groups excluding carboxylic acids is 1. The number of rotatable bonds is 2. The van der Waals surface area contributed by atoms with Gasteiger partial charge in [-0.2, -0.15) is 0 Å². The minimum absolute atomic E-state index is 0.0915. The molecule has 0 amide bonds. The Labute approximate surface area is 98.2 Å². The topological polar surface area (TPSA) is 78.3 Å². The zero-order valence-corrected chi connectivity index (χ0v) is 9.56. The van der Waals surface area contributed by atoms with Crippen LogP contribution in [0.15, 0.2) is 28.8 Å². The van der Waals surface area contributed by atoms with Gasteiger partial charge in [0.25, 0.3) is 0 Å². The molecule has 88 valence electrons. The summed E-state index contributed by atoms with van der Waals surface area (Å²) in [5, 5.41) is 3.61. The number of nitrogen functional groups attached to an aromatic ring is 1. The number of hydrogen-bond acceptors (Lipinski definition) is 5. The molecule has 17 heavy (non-hydrogen) atoms. The SMILES string of the molecule is COC(=O)c1noc(N)c1-c1ccc(C)cc1. The number of methoxy groups -OCH3 is 1. The number of ether oxygens (including phenoxy) is 1. The normalized spacial score (nSPS) is 10.2. The van der Waals surface area contributed by atoms with Gasteiger partial charge in [-0.3, -0.25) is 0 Å². The molecule has 1 aromatic carbocycles. The summed E-state index contributed by atoms with van der Waals surface area (Å²) in [6.07, 6.45) is 0. The number of esters is 1. The summed E-state index contributed by atoms with van der Waals surface area (Å²) in [5.41, 5.74) is 8.12. The molecule has 5 nitrogen and oxygen atoms in total. The van der Waals surface area contributed by atoms with E-state index in [0.717, 1.165) is 11.1 Å². The summed E-state index contributed by atoms with van der Waals surface area (Å²) in [7, 11) is 1.28. The highest BCUT2D eigenvalue weighted by Gasteiger charge is 2.22. The molecule has 0 aliphatic carbocycles. The fourth-order valence-corrected chi connectivity index (χ4v) is 1.54. The van der Waals surface area contributed by atoms with E-state index in [-0.39, 0.29) is 11.6 Å². The minimum atomic E-state index is -0.568. The number of benzene rings is 1. The number of nitrogens with two attached hydrogens (primary N) is 1. The molecule has 5 heteroatoms. The van der Waals surface area contributed by atoms with Gasteiger partial charge in [-0.15, -0.1) is 0 Å². The van der Waals surface area contributed by atoms with E-state index in [1.807, 2.05) is 31.2 Å². The van der Waals surface area contributed by atoms with Gasteiger partial charge in [0.15, 0.2) is 0 Å². The molecule has 0 bridgehead atoms. The smallest absolute Gasteiger partial charge is 0.361 e. The summed E-state index contributed by atoms with van der Waals surface area (Å²) < 4.78 is 9.45. The molecule has 1 heterocycles. The van der Waals surface area contributed by atoms with E-state index in [4.69, 9.17) is 10.3 Å². The monoisotopic (exact) mass is 232 g/mol. The lowest BCUT2D eigenvalue weighted by atomic mass is 10.0. The maximum Gasteiger partial charge on any atom is 0.361 e. The van der Waals surface area contributed by atoms with E-state index < -0.39 is 5.97 Å². The molecular formula is C12H12N2O3. The second-order valence-corrected chi connectivity index (χ2v) is 3.63. The van der Waals surface area contributed by atoms with Crippen LogP contribution in [0.1, 0.15) is 16.1 Å². The van der Waals surface area contributed by atoms with Crippen molar-refractivity contribution in [3.8, 4) is 11.1 Å². The van der Waals surface area contributed by atoms with Gasteiger partial charge in [-0.1, -0.05) is 35.0 Å². The third kappa shape index (κ3) is 1.99. The Hall–Kier alpha value is -2.30. The molecule has 2 rings (SSSR count). The highest BCUT2D eigenvalue weighted by Crippen LogP contribution is 2.30. The molecule has 0 aliphatic rings. The number of nitrogens with zero attached hydrogens (tertiary/aromatic N) is 1. The lowest BCUT2D eigenvalue weighted by molar-refractivity contribution is 0.0590. The summed E-state index contributed by atoms with van der Waals surface area (Å²) in [5.74, 6) is -0.463. The lowest BCUT2D eigenvalue weighted by Crippen LogP contribution is -2.03. The summed E-state index contributed by atoms with van der Waals surface area (Å²) in [6.45, 7) is 1.97. The molecule has 0 aliphatic heterocycles. The largest absolute Gasteiger partial charge is 0.464 e. The fraction of sp³-hybridized carbons (Fsp3) is 0.167. The first-order valence-electron chi connectivity index (χ1n) is 5.04. The zero-order chi connectivity index (χ0) is 12.4. The van der Waals surface area contributed by atoms with E-state index >= 15 is 0 Å². The van der Waals surface area contributed by atoms with Crippen LogP contribution in [0, 0.1) is 6.92 Å². The minimum Gasteiger partial charge on any atom is -0.464 e. The molecule has 2 N–H and O–H groups in total. The van der Waals surface area contributed by atoms with Gasteiger partial charge >= 0.3 is 5.97 Å². The molecule has 0 atom stereocenters. The molecule has 0 unspecified atom stereocenters. The van der Waals surface area contributed by atoms with Crippen molar-refractivity contribution in [2.75, 3.05) is 12.8 Å². The van der Waals surface area contributed by atoms with Crippen LogP contribution in [0.4, 0.5) is 5.88 Å². The van der Waals surface area contributed by atoms with Gasteiger partial charge < -0.3 is 15.0 Å². The quantitative estimate of drug-likeness (QED) is 0.801. The number of carbonyl (C=O) groups is 1. The molecule has 0 radical (unpaired) electrons. The number of anilines is 1. The van der Waals surface area contributed by atoms with Crippen LogP contribution in [-0.2, 0) is 4.74 Å². The number of hydrogen-bond donors (Lipinski definition) is 1. The van der Waals surface area contributed by atoms with Crippen LogP contribution >= 0.6 is 0 Å².